The van der Waals surface area contributed by atoms with Crippen molar-refractivity contribution in [1.82, 2.24) is 16.2 Å². The zero-order valence-corrected chi connectivity index (χ0v) is 15.2. The molecule has 3 rings (SSSR count). The predicted molar refractivity (Wildman–Crippen MR) is 101 cm³/mol. The Kier molecular flexibility index (Phi) is 5.51. The highest BCUT2D eigenvalue weighted by Gasteiger charge is 2.30. The van der Waals surface area contributed by atoms with Crippen LogP contribution in [0.1, 0.15) is 47.2 Å². The van der Waals surface area contributed by atoms with E-state index in [1.165, 1.54) is 22.3 Å². The summed E-state index contributed by atoms with van der Waals surface area (Å²) in [4.78, 5) is 12.5. The molecule has 2 atom stereocenters. The number of hydrogen-bond acceptors (Lipinski definition) is 3. The number of rotatable bonds is 5. The van der Waals surface area contributed by atoms with Crippen LogP contribution in [0.4, 0.5) is 0 Å². The standard InChI is InChI=1S/C21H27N3O/c1-4-16-7-9-17(10-8-16)13-22-21(25)20-12-19(23-24-20)18-11-14(2)5-6-15(18)3/h5-11,19-20,23-24H,4,12-13H2,1-3H3,(H,22,25). The summed E-state index contributed by atoms with van der Waals surface area (Å²) in [5.74, 6) is 0.0416. The van der Waals surface area contributed by atoms with Crippen molar-refractivity contribution < 1.29 is 4.79 Å². The van der Waals surface area contributed by atoms with Gasteiger partial charge < -0.3 is 5.32 Å². The van der Waals surface area contributed by atoms with E-state index in [9.17, 15) is 4.79 Å². The van der Waals surface area contributed by atoms with Gasteiger partial charge >= 0.3 is 0 Å². The molecule has 1 heterocycles. The zero-order valence-electron chi connectivity index (χ0n) is 15.2. The average molecular weight is 337 g/mol. The second-order valence-corrected chi connectivity index (χ2v) is 6.88. The van der Waals surface area contributed by atoms with Crippen LogP contribution in [0.5, 0.6) is 0 Å². The third kappa shape index (κ3) is 4.27. The Morgan fingerprint density at radius 1 is 1.08 bits per heavy atom. The average Bonchev–Trinajstić information content (AvgIpc) is 3.12. The lowest BCUT2D eigenvalue weighted by Gasteiger charge is -2.14. The minimum Gasteiger partial charge on any atom is -0.351 e. The Morgan fingerprint density at radius 3 is 2.52 bits per heavy atom. The molecule has 0 bridgehead atoms. The van der Waals surface area contributed by atoms with E-state index in [4.69, 9.17) is 0 Å². The van der Waals surface area contributed by atoms with Crippen LogP contribution >= 0.6 is 0 Å². The molecule has 0 radical (unpaired) electrons. The van der Waals surface area contributed by atoms with Crippen LogP contribution in [0.3, 0.4) is 0 Å². The maximum absolute atomic E-state index is 12.5. The molecule has 0 spiro atoms. The monoisotopic (exact) mass is 337 g/mol. The molecule has 25 heavy (non-hydrogen) atoms. The maximum Gasteiger partial charge on any atom is 0.238 e. The fraction of sp³-hybridized carbons (Fsp3) is 0.381. The molecule has 4 heteroatoms. The molecule has 1 fully saturated rings. The van der Waals surface area contributed by atoms with Gasteiger partial charge in [0.05, 0.1) is 0 Å². The van der Waals surface area contributed by atoms with E-state index in [2.05, 4.69) is 79.4 Å². The molecule has 1 aliphatic rings. The van der Waals surface area contributed by atoms with Crippen molar-refractivity contribution in [3.05, 3.63) is 70.3 Å². The smallest absolute Gasteiger partial charge is 0.238 e. The van der Waals surface area contributed by atoms with E-state index in [1.807, 2.05) is 0 Å². The molecule has 1 saturated heterocycles. The maximum atomic E-state index is 12.5. The fourth-order valence-electron chi connectivity index (χ4n) is 3.27. The van der Waals surface area contributed by atoms with Gasteiger partial charge in [0.25, 0.3) is 0 Å². The first kappa shape index (κ1) is 17.6. The van der Waals surface area contributed by atoms with Gasteiger partial charge in [0.1, 0.15) is 6.04 Å². The topological polar surface area (TPSA) is 53.2 Å². The second kappa shape index (κ2) is 7.81. The summed E-state index contributed by atoms with van der Waals surface area (Å²) < 4.78 is 0. The number of aryl methyl sites for hydroxylation is 3. The van der Waals surface area contributed by atoms with Crippen LogP contribution in [-0.2, 0) is 17.8 Å². The Hall–Kier alpha value is -2.17. The van der Waals surface area contributed by atoms with Crippen LogP contribution in [0.2, 0.25) is 0 Å². The zero-order chi connectivity index (χ0) is 17.8. The summed E-state index contributed by atoms with van der Waals surface area (Å²) in [5.41, 5.74) is 12.6. The van der Waals surface area contributed by atoms with Gasteiger partial charge in [-0.25, -0.2) is 10.9 Å². The van der Waals surface area contributed by atoms with Crippen LogP contribution in [0, 0.1) is 13.8 Å². The van der Waals surface area contributed by atoms with Gasteiger partial charge in [0.2, 0.25) is 5.91 Å². The fourth-order valence-corrected chi connectivity index (χ4v) is 3.27. The van der Waals surface area contributed by atoms with Gasteiger partial charge in [-0.15, -0.1) is 0 Å². The molecule has 1 amide bonds. The van der Waals surface area contributed by atoms with E-state index in [0.717, 1.165) is 18.4 Å². The Morgan fingerprint density at radius 2 is 1.80 bits per heavy atom. The van der Waals surface area contributed by atoms with Crippen molar-refractivity contribution >= 4 is 5.91 Å². The van der Waals surface area contributed by atoms with E-state index in [0.29, 0.717) is 6.54 Å². The normalized spacial score (nSPS) is 19.8. The van der Waals surface area contributed by atoms with Gasteiger partial charge in [0, 0.05) is 12.6 Å². The highest BCUT2D eigenvalue weighted by atomic mass is 16.2. The summed E-state index contributed by atoms with van der Waals surface area (Å²) in [6.45, 7) is 6.92. The molecular weight excluding hydrogens is 310 g/mol. The summed E-state index contributed by atoms with van der Waals surface area (Å²) in [7, 11) is 0. The first-order valence-electron chi connectivity index (χ1n) is 9.00. The minimum absolute atomic E-state index is 0.0416. The molecule has 4 nitrogen and oxygen atoms in total. The molecular formula is C21H27N3O. The van der Waals surface area contributed by atoms with E-state index < -0.39 is 0 Å². The summed E-state index contributed by atoms with van der Waals surface area (Å²) in [5, 5.41) is 3.03. The Bertz CT molecular complexity index is 739. The molecule has 2 aromatic carbocycles. The van der Waals surface area contributed by atoms with Gasteiger partial charge in [0.15, 0.2) is 0 Å². The number of benzene rings is 2. The molecule has 3 N–H and O–H groups in total. The van der Waals surface area contributed by atoms with Gasteiger partial charge in [-0.3, -0.25) is 4.79 Å². The highest BCUT2D eigenvalue weighted by molar-refractivity contribution is 5.82. The summed E-state index contributed by atoms with van der Waals surface area (Å²) in [6.07, 6.45) is 1.79. The Balaban J connectivity index is 1.56. The van der Waals surface area contributed by atoms with Crippen LogP contribution in [0.15, 0.2) is 42.5 Å². The molecule has 2 aromatic rings. The molecule has 132 valence electrons. The number of nitrogens with one attached hydrogen (secondary N) is 3. The van der Waals surface area contributed by atoms with Crippen molar-refractivity contribution in [1.29, 1.82) is 0 Å². The van der Waals surface area contributed by atoms with Crippen molar-refractivity contribution in [2.45, 2.75) is 52.2 Å². The third-order valence-electron chi connectivity index (χ3n) is 4.93. The molecule has 1 aliphatic heterocycles. The lowest BCUT2D eigenvalue weighted by molar-refractivity contribution is -0.123. The largest absolute Gasteiger partial charge is 0.351 e. The van der Waals surface area contributed by atoms with Gasteiger partial charge in [-0.05, 0) is 48.9 Å². The van der Waals surface area contributed by atoms with Crippen molar-refractivity contribution in [3.8, 4) is 0 Å². The molecule has 0 aromatic heterocycles. The lowest BCUT2D eigenvalue weighted by atomic mass is 9.96. The summed E-state index contributed by atoms with van der Waals surface area (Å²) in [6, 6.07) is 14.8. The molecule has 2 unspecified atom stereocenters. The first-order chi connectivity index (χ1) is 12.1. The first-order valence-corrected chi connectivity index (χ1v) is 9.00. The molecule has 0 aliphatic carbocycles. The van der Waals surface area contributed by atoms with Crippen molar-refractivity contribution in [3.63, 3.8) is 0 Å². The van der Waals surface area contributed by atoms with Gasteiger partial charge in [-0.2, -0.15) is 0 Å². The van der Waals surface area contributed by atoms with Crippen LogP contribution < -0.4 is 16.2 Å². The van der Waals surface area contributed by atoms with E-state index in [1.54, 1.807) is 0 Å². The van der Waals surface area contributed by atoms with Crippen molar-refractivity contribution in [2.75, 3.05) is 0 Å². The van der Waals surface area contributed by atoms with Crippen molar-refractivity contribution in [2.24, 2.45) is 0 Å². The second-order valence-electron chi connectivity index (χ2n) is 6.88. The number of hydrazine groups is 1. The predicted octanol–water partition coefficient (Wildman–Crippen LogP) is 3.09. The van der Waals surface area contributed by atoms with E-state index >= 15 is 0 Å². The third-order valence-corrected chi connectivity index (χ3v) is 4.93. The summed E-state index contributed by atoms with van der Waals surface area (Å²) >= 11 is 0. The van der Waals surface area contributed by atoms with Crippen LogP contribution in [0.25, 0.3) is 0 Å². The Labute approximate surface area is 150 Å². The number of carbonyl (C=O) groups is 1. The lowest BCUT2D eigenvalue weighted by Crippen LogP contribution is -2.42. The number of hydrogen-bond donors (Lipinski definition) is 3. The SMILES string of the molecule is CCc1ccc(CNC(=O)C2CC(c3cc(C)ccc3C)NN2)cc1. The minimum atomic E-state index is -0.208. The highest BCUT2D eigenvalue weighted by Crippen LogP contribution is 2.26. The van der Waals surface area contributed by atoms with Gasteiger partial charge in [-0.1, -0.05) is 55.0 Å². The van der Waals surface area contributed by atoms with Crippen LogP contribution in [-0.4, -0.2) is 11.9 Å². The quantitative estimate of drug-likeness (QED) is 0.786. The molecule has 0 saturated carbocycles. The van der Waals surface area contributed by atoms with E-state index in [-0.39, 0.29) is 18.0 Å². The number of amides is 1. The number of carbonyl (C=O) groups excluding carboxylic acids is 1.